The van der Waals surface area contributed by atoms with Crippen LogP contribution in [-0.2, 0) is 9.53 Å². The highest BCUT2D eigenvalue weighted by molar-refractivity contribution is 8.00. The van der Waals surface area contributed by atoms with Gasteiger partial charge in [-0.05, 0) is 37.6 Å². The number of para-hydroxylation sites is 1. The molecule has 0 bridgehead atoms. The Labute approximate surface area is 155 Å². The second-order valence-electron chi connectivity index (χ2n) is 6.19. The fourth-order valence-corrected chi connectivity index (χ4v) is 3.87. The van der Waals surface area contributed by atoms with Crippen LogP contribution in [0.15, 0.2) is 46.1 Å². The summed E-state index contributed by atoms with van der Waals surface area (Å²) in [6.45, 7) is 4.00. The average Bonchev–Trinajstić information content (AvgIpc) is 2.77. The number of rotatable bonds is 3. The summed E-state index contributed by atoms with van der Waals surface area (Å²) >= 11 is 1.73. The number of esters is 1. The first-order chi connectivity index (χ1) is 12.5. The van der Waals surface area contributed by atoms with Crippen molar-refractivity contribution >= 4 is 29.3 Å². The van der Waals surface area contributed by atoms with E-state index < -0.39 is 18.1 Å². The van der Waals surface area contributed by atoms with Crippen molar-refractivity contribution < 1.29 is 14.3 Å². The van der Waals surface area contributed by atoms with Gasteiger partial charge in [-0.2, -0.15) is 0 Å². The van der Waals surface area contributed by atoms with Crippen molar-refractivity contribution in [1.29, 1.82) is 0 Å². The number of amides is 1. The molecule has 1 N–H and O–H groups in total. The second kappa shape index (κ2) is 7.78. The number of hydrogen-bond donors (Lipinski definition) is 1. The quantitative estimate of drug-likeness (QED) is 0.838. The number of H-pyrrole nitrogens is 1. The number of aromatic nitrogens is 1. The Morgan fingerprint density at radius 2 is 2.04 bits per heavy atom. The van der Waals surface area contributed by atoms with E-state index in [1.807, 2.05) is 24.3 Å². The van der Waals surface area contributed by atoms with Crippen molar-refractivity contribution in [2.24, 2.45) is 0 Å². The average molecular weight is 372 g/mol. The second-order valence-corrected chi connectivity index (χ2v) is 7.67. The van der Waals surface area contributed by atoms with Crippen molar-refractivity contribution in [2.45, 2.75) is 30.4 Å². The molecule has 1 atom stereocenters. The van der Waals surface area contributed by atoms with Crippen LogP contribution in [0, 0.1) is 6.92 Å². The summed E-state index contributed by atoms with van der Waals surface area (Å²) in [4.78, 5) is 41.8. The summed E-state index contributed by atoms with van der Waals surface area (Å²) in [5.74, 6) is -1.10. The zero-order chi connectivity index (χ0) is 18.7. The van der Waals surface area contributed by atoms with E-state index in [4.69, 9.17) is 4.74 Å². The Hall–Kier alpha value is -2.54. The highest BCUT2D eigenvalue weighted by Gasteiger charge is 2.25. The largest absolute Gasteiger partial charge is 0.452 e. The fraction of sp³-hybridized carbons (Fsp3) is 0.316. The van der Waals surface area contributed by atoms with Gasteiger partial charge in [-0.25, -0.2) is 4.79 Å². The van der Waals surface area contributed by atoms with Gasteiger partial charge in [0.25, 0.3) is 11.5 Å². The van der Waals surface area contributed by atoms with E-state index in [0.29, 0.717) is 17.5 Å². The number of pyridine rings is 1. The van der Waals surface area contributed by atoms with Crippen LogP contribution in [0.5, 0.6) is 0 Å². The highest BCUT2D eigenvalue weighted by atomic mass is 32.2. The van der Waals surface area contributed by atoms with Crippen LogP contribution in [0.25, 0.3) is 0 Å². The zero-order valence-electron chi connectivity index (χ0n) is 14.7. The standard InChI is InChI=1S/C19H20N2O4S/c1-12-7-8-14(18(23)20-12)19(24)25-11-17(22)21-10-9-13(2)26-16-6-4-3-5-15(16)21/h3-8,13H,9-11H2,1-2H3,(H,20,23). The number of nitrogens with zero attached hydrogens (tertiary/aromatic N) is 1. The predicted molar refractivity (Wildman–Crippen MR) is 101 cm³/mol. The summed E-state index contributed by atoms with van der Waals surface area (Å²) < 4.78 is 5.09. The van der Waals surface area contributed by atoms with Gasteiger partial charge < -0.3 is 14.6 Å². The molecule has 6 nitrogen and oxygen atoms in total. The number of aromatic amines is 1. The molecule has 136 valence electrons. The van der Waals surface area contributed by atoms with E-state index in [9.17, 15) is 14.4 Å². The van der Waals surface area contributed by atoms with Crippen molar-refractivity contribution in [2.75, 3.05) is 18.1 Å². The maximum absolute atomic E-state index is 12.6. The third-order valence-electron chi connectivity index (χ3n) is 4.15. The predicted octanol–water partition coefficient (Wildman–Crippen LogP) is 2.76. The van der Waals surface area contributed by atoms with Crippen LogP contribution >= 0.6 is 11.8 Å². The van der Waals surface area contributed by atoms with E-state index in [1.165, 1.54) is 6.07 Å². The van der Waals surface area contributed by atoms with Crippen molar-refractivity contribution in [3.05, 3.63) is 58.0 Å². The molecule has 1 amide bonds. The molecule has 1 aromatic heterocycles. The number of ether oxygens (including phenoxy) is 1. The van der Waals surface area contributed by atoms with Crippen LogP contribution in [-0.4, -0.2) is 35.3 Å². The molecular weight excluding hydrogens is 352 g/mol. The Morgan fingerprint density at radius 1 is 1.27 bits per heavy atom. The molecule has 1 aliphatic rings. The smallest absolute Gasteiger partial charge is 0.344 e. The van der Waals surface area contributed by atoms with Gasteiger partial charge >= 0.3 is 5.97 Å². The first-order valence-electron chi connectivity index (χ1n) is 8.39. The summed E-state index contributed by atoms with van der Waals surface area (Å²) in [7, 11) is 0. The molecule has 0 saturated carbocycles. The number of benzene rings is 1. The normalized spacial score (nSPS) is 16.5. The van der Waals surface area contributed by atoms with E-state index in [-0.39, 0.29) is 11.5 Å². The summed E-state index contributed by atoms with van der Waals surface area (Å²) in [5, 5.41) is 0.391. The Kier molecular flexibility index (Phi) is 5.46. The molecule has 2 heterocycles. The number of thioether (sulfide) groups is 1. The molecule has 1 aromatic carbocycles. The lowest BCUT2D eigenvalue weighted by atomic mass is 10.2. The van der Waals surface area contributed by atoms with Gasteiger partial charge in [0.05, 0.1) is 5.69 Å². The Bertz CT molecular complexity index is 893. The SMILES string of the molecule is Cc1ccc(C(=O)OCC(=O)N2CCC(C)Sc3ccccc32)c(=O)[nH]1. The third-order valence-corrected chi connectivity index (χ3v) is 5.38. The van der Waals surface area contributed by atoms with Gasteiger partial charge in [0.15, 0.2) is 6.61 Å². The van der Waals surface area contributed by atoms with Crippen molar-refractivity contribution in [1.82, 2.24) is 4.98 Å². The van der Waals surface area contributed by atoms with Gasteiger partial charge in [-0.1, -0.05) is 19.1 Å². The van der Waals surface area contributed by atoms with Crippen LogP contribution in [0.3, 0.4) is 0 Å². The lowest BCUT2D eigenvalue weighted by Crippen LogP contribution is -2.36. The van der Waals surface area contributed by atoms with Gasteiger partial charge in [0.1, 0.15) is 5.56 Å². The highest BCUT2D eigenvalue weighted by Crippen LogP contribution is 2.37. The molecule has 0 aliphatic carbocycles. The first kappa shape index (κ1) is 18.3. The molecule has 7 heteroatoms. The van der Waals surface area contributed by atoms with Gasteiger partial charge in [-0.15, -0.1) is 11.8 Å². The molecule has 2 aromatic rings. The van der Waals surface area contributed by atoms with Gasteiger partial charge in [0, 0.05) is 22.4 Å². The molecule has 0 spiro atoms. The molecule has 0 saturated heterocycles. The summed E-state index contributed by atoms with van der Waals surface area (Å²) in [6, 6.07) is 10.7. The summed E-state index contributed by atoms with van der Waals surface area (Å²) in [5.41, 5.74) is 0.850. The third kappa shape index (κ3) is 3.99. The number of hydrogen-bond acceptors (Lipinski definition) is 5. The minimum absolute atomic E-state index is 0.108. The van der Waals surface area contributed by atoms with E-state index in [0.717, 1.165) is 17.0 Å². The fourth-order valence-electron chi connectivity index (χ4n) is 2.76. The van der Waals surface area contributed by atoms with E-state index in [2.05, 4.69) is 11.9 Å². The number of carbonyl (C=O) groups is 2. The van der Waals surface area contributed by atoms with E-state index >= 15 is 0 Å². The maximum atomic E-state index is 12.6. The number of carbonyl (C=O) groups excluding carboxylic acids is 2. The number of fused-ring (bicyclic) bond motifs is 1. The Balaban J connectivity index is 1.72. The monoisotopic (exact) mass is 372 g/mol. The maximum Gasteiger partial charge on any atom is 0.344 e. The van der Waals surface area contributed by atoms with Gasteiger partial charge in [-0.3, -0.25) is 9.59 Å². The van der Waals surface area contributed by atoms with Crippen molar-refractivity contribution in [3.8, 4) is 0 Å². The zero-order valence-corrected chi connectivity index (χ0v) is 15.5. The lowest BCUT2D eigenvalue weighted by Gasteiger charge is -2.22. The van der Waals surface area contributed by atoms with Crippen LogP contribution < -0.4 is 10.5 Å². The molecule has 1 unspecified atom stereocenters. The molecular formula is C19H20N2O4S. The lowest BCUT2D eigenvalue weighted by molar-refractivity contribution is -0.121. The number of nitrogens with one attached hydrogen (secondary N) is 1. The number of aryl methyl sites for hydroxylation is 1. The van der Waals surface area contributed by atoms with Crippen LogP contribution in [0.2, 0.25) is 0 Å². The molecule has 26 heavy (non-hydrogen) atoms. The van der Waals surface area contributed by atoms with Crippen LogP contribution in [0.1, 0.15) is 29.4 Å². The van der Waals surface area contributed by atoms with E-state index in [1.54, 1.807) is 29.7 Å². The number of anilines is 1. The molecule has 0 fully saturated rings. The molecule has 1 aliphatic heterocycles. The molecule has 3 rings (SSSR count). The minimum atomic E-state index is -0.801. The Morgan fingerprint density at radius 3 is 2.81 bits per heavy atom. The van der Waals surface area contributed by atoms with Crippen molar-refractivity contribution in [3.63, 3.8) is 0 Å². The molecule has 0 radical (unpaired) electrons. The minimum Gasteiger partial charge on any atom is -0.452 e. The first-order valence-corrected chi connectivity index (χ1v) is 9.27. The summed E-state index contributed by atoms with van der Waals surface area (Å²) in [6.07, 6.45) is 0.844. The topological polar surface area (TPSA) is 79.5 Å². The van der Waals surface area contributed by atoms with Gasteiger partial charge in [0.2, 0.25) is 0 Å². The van der Waals surface area contributed by atoms with Crippen LogP contribution in [0.4, 0.5) is 5.69 Å².